The number of benzene rings is 3. The highest BCUT2D eigenvalue weighted by atomic mass is 79.9. The molecule has 0 spiro atoms. The van der Waals surface area contributed by atoms with Crippen LogP contribution in [0.4, 0.5) is 5.69 Å². The van der Waals surface area contributed by atoms with Crippen molar-refractivity contribution in [2.24, 2.45) is 5.10 Å². The maximum atomic E-state index is 12.6. The summed E-state index contributed by atoms with van der Waals surface area (Å²) in [5.41, 5.74) is 5.30. The zero-order valence-corrected chi connectivity index (χ0v) is 24.6. The molecule has 3 aromatic carbocycles. The van der Waals surface area contributed by atoms with Crippen molar-refractivity contribution in [1.82, 2.24) is 5.43 Å². The molecule has 1 N–H and O–H groups in total. The van der Waals surface area contributed by atoms with E-state index in [-0.39, 0.29) is 11.4 Å². The first-order valence-electron chi connectivity index (χ1n) is 11.6. The number of aryl methyl sites for hydroxylation is 1. The Labute approximate surface area is 236 Å². The zero-order chi connectivity index (χ0) is 28.6. The average molecular weight is 621 g/mol. The van der Waals surface area contributed by atoms with Gasteiger partial charge in [0.2, 0.25) is 10.0 Å². The molecule has 0 heterocycles. The van der Waals surface area contributed by atoms with Gasteiger partial charge in [-0.25, -0.2) is 13.8 Å². The summed E-state index contributed by atoms with van der Waals surface area (Å²) < 4.78 is 48.5. The zero-order valence-electron chi connectivity index (χ0n) is 22.2. The van der Waals surface area contributed by atoms with Crippen LogP contribution in [0, 0.1) is 6.92 Å². The number of nitrogens with one attached hydrogen (secondary N) is 1. The summed E-state index contributed by atoms with van der Waals surface area (Å²) in [6, 6.07) is 16.1. The van der Waals surface area contributed by atoms with Gasteiger partial charge in [0.25, 0.3) is 5.91 Å². The maximum Gasteiger partial charge on any atom is 0.260 e. The van der Waals surface area contributed by atoms with E-state index in [9.17, 15) is 13.2 Å². The first kappa shape index (κ1) is 29.8. The highest BCUT2D eigenvalue weighted by Crippen LogP contribution is 2.37. The first-order valence-corrected chi connectivity index (χ1v) is 14.3. The second-order valence-corrected chi connectivity index (χ2v) is 11.2. The van der Waals surface area contributed by atoms with Crippen molar-refractivity contribution in [2.45, 2.75) is 13.5 Å². The molecule has 0 fully saturated rings. The van der Waals surface area contributed by atoms with E-state index in [2.05, 4.69) is 26.5 Å². The van der Waals surface area contributed by atoms with Gasteiger partial charge < -0.3 is 18.9 Å². The van der Waals surface area contributed by atoms with Gasteiger partial charge in [0, 0.05) is 6.07 Å². The van der Waals surface area contributed by atoms with Crippen molar-refractivity contribution in [3.8, 4) is 23.0 Å². The van der Waals surface area contributed by atoms with Crippen LogP contribution in [0.2, 0.25) is 0 Å². The third-order valence-corrected chi connectivity index (χ3v) is 7.22. The normalized spacial score (nSPS) is 11.2. The minimum Gasteiger partial charge on any atom is -0.497 e. The number of sulfonamides is 1. The Morgan fingerprint density at radius 1 is 1.00 bits per heavy atom. The molecule has 3 aromatic rings. The van der Waals surface area contributed by atoms with Crippen molar-refractivity contribution in [2.75, 3.05) is 38.4 Å². The molecule has 0 aromatic heterocycles. The van der Waals surface area contributed by atoms with Crippen molar-refractivity contribution in [3.05, 3.63) is 75.8 Å². The number of halogens is 1. The Balaban J connectivity index is 1.72. The summed E-state index contributed by atoms with van der Waals surface area (Å²) in [5.74, 6) is 1.00. The minimum absolute atomic E-state index is 0.161. The van der Waals surface area contributed by atoms with Gasteiger partial charge >= 0.3 is 0 Å². The lowest BCUT2D eigenvalue weighted by Gasteiger charge is -2.23. The third kappa shape index (κ3) is 8.11. The van der Waals surface area contributed by atoms with Gasteiger partial charge in [-0.15, -0.1) is 0 Å². The Bertz CT molecular complexity index is 1440. The lowest BCUT2D eigenvalue weighted by molar-refractivity contribution is -0.119. The van der Waals surface area contributed by atoms with Gasteiger partial charge in [-0.05, 0) is 58.2 Å². The van der Waals surface area contributed by atoms with Crippen LogP contribution in [0.3, 0.4) is 0 Å². The fourth-order valence-corrected chi connectivity index (χ4v) is 4.94. The van der Waals surface area contributed by atoms with Gasteiger partial charge in [0.05, 0.1) is 44.0 Å². The molecule has 208 valence electrons. The molecule has 10 nitrogen and oxygen atoms in total. The molecule has 0 aliphatic heterocycles. The molecule has 12 heteroatoms. The Morgan fingerprint density at radius 2 is 1.69 bits per heavy atom. The highest BCUT2D eigenvalue weighted by molar-refractivity contribution is 9.10. The van der Waals surface area contributed by atoms with Crippen LogP contribution in [0.15, 0.2) is 64.2 Å². The van der Waals surface area contributed by atoms with Crippen molar-refractivity contribution < 1.29 is 32.2 Å². The Kier molecular flexibility index (Phi) is 10.2. The van der Waals surface area contributed by atoms with Crippen molar-refractivity contribution >= 4 is 43.8 Å². The summed E-state index contributed by atoms with van der Waals surface area (Å²) >= 11 is 3.50. The molecule has 0 saturated carbocycles. The number of rotatable bonds is 12. The van der Waals surface area contributed by atoms with Crippen LogP contribution < -0.4 is 28.7 Å². The minimum atomic E-state index is -3.85. The molecule has 3 rings (SSSR count). The molecule has 0 atom stereocenters. The molecule has 0 bridgehead atoms. The standard InChI is InChI=1S/C27H30BrN3O7S/c1-18-6-8-19(9-7-18)17-38-27-22(28)12-20(13-25(27)37-4)15-29-30-26(32)16-31(39(5,33)34)23-14-21(35-2)10-11-24(23)36-3/h6-15H,16-17H2,1-5H3,(H,30,32)/b29-15-. The molecule has 0 saturated heterocycles. The number of anilines is 1. The Hall–Kier alpha value is -3.77. The maximum absolute atomic E-state index is 12.6. The van der Waals surface area contributed by atoms with E-state index in [0.717, 1.165) is 21.7 Å². The predicted octanol–water partition coefficient (Wildman–Crippen LogP) is 4.28. The SMILES string of the molecule is COc1ccc(OC)c(N(CC(=O)N/N=C\c2cc(Br)c(OCc3ccc(C)cc3)c(OC)c2)S(C)(=O)=O)c1. The number of hydrogen-bond acceptors (Lipinski definition) is 8. The van der Waals surface area contributed by atoms with Crippen molar-refractivity contribution in [1.29, 1.82) is 0 Å². The van der Waals surface area contributed by atoms with E-state index in [1.54, 1.807) is 24.3 Å². The largest absolute Gasteiger partial charge is 0.497 e. The molecule has 0 aliphatic carbocycles. The van der Waals surface area contributed by atoms with E-state index < -0.39 is 22.5 Å². The number of ether oxygens (including phenoxy) is 4. The molecule has 0 aliphatic rings. The smallest absolute Gasteiger partial charge is 0.260 e. The summed E-state index contributed by atoms with van der Waals surface area (Å²) in [6.07, 6.45) is 2.40. The molecular weight excluding hydrogens is 590 g/mol. The van der Waals surface area contributed by atoms with E-state index in [4.69, 9.17) is 18.9 Å². The number of amides is 1. The van der Waals surface area contributed by atoms with Gasteiger partial charge in [0.15, 0.2) is 11.5 Å². The fourth-order valence-electron chi connectivity index (χ4n) is 3.51. The van der Waals surface area contributed by atoms with E-state index in [0.29, 0.717) is 33.9 Å². The van der Waals surface area contributed by atoms with Crippen LogP contribution in [0.5, 0.6) is 23.0 Å². The predicted molar refractivity (Wildman–Crippen MR) is 154 cm³/mol. The number of hydrogen-bond donors (Lipinski definition) is 1. The van der Waals surface area contributed by atoms with Crippen LogP contribution in [0.25, 0.3) is 0 Å². The van der Waals surface area contributed by atoms with Crippen LogP contribution in [0.1, 0.15) is 16.7 Å². The molecule has 0 unspecified atom stereocenters. The lowest BCUT2D eigenvalue weighted by Crippen LogP contribution is -2.39. The van der Waals surface area contributed by atoms with E-state index in [1.807, 2.05) is 31.2 Å². The number of hydrazone groups is 1. The van der Waals surface area contributed by atoms with Crippen LogP contribution in [-0.4, -0.2) is 54.7 Å². The molecule has 39 heavy (non-hydrogen) atoms. The summed E-state index contributed by atoms with van der Waals surface area (Å²) in [4.78, 5) is 12.6. The average Bonchev–Trinajstić information content (AvgIpc) is 2.90. The summed E-state index contributed by atoms with van der Waals surface area (Å²) in [5, 5.41) is 3.98. The topological polar surface area (TPSA) is 116 Å². The number of carbonyl (C=O) groups excluding carboxylic acids is 1. The van der Waals surface area contributed by atoms with Crippen LogP contribution >= 0.6 is 15.9 Å². The number of carbonyl (C=O) groups is 1. The van der Waals surface area contributed by atoms with Gasteiger partial charge in [-0.1, -0.05) is 29.8 Å². The quantitative estimate of drug-likeness (QED) is 0.238. The van der Waals surface area contributed by atoms with Crippen LogP contribution in [-0.2, 0) is 21.4 Å². The second-order valence-electron chi connectivity index (χ2n) is 8.41. The monoisotopic (exact) mass is 619 g/mol. The molecule has 1 amide bonds. The van der Waals surface area contributed by atoms with E-state index in [1.165, 1.54) is 33.6 Å². The Morgan fingerprint density at radius 3 is 2.31 bits per heavy atom. The number of methoxy groups -OCH3 is 3. The van der Waals surface area contributed by atoms with Gasteiger partial charge in [0.1, 0.15) is 24.7 Å². The molecule has 0 radical (unpaired) electrons. The number of nitrogens with zero attached hydrogens (tertiary/aromatic N) is 2. The van der Waals surface area contributed by atoms with E-state index >= 15 is 0 Å². The van der Waals surface area contributed by atoms with Gasteiger partial charge in [-0.3, -0.25) is 9.10 Å². The summed E-state index contributed by atoms with van der Waals surface area (Å²) in [7, 11) is 0.533. The summed E-state index contributed by atoms with van der Waals surface area (Å²) in [6.45, 7) is 1.85. The lowest BCUT2D eigenvalue weighted by atomic mass is 10.2. The second kappa shape index (κ2) is 13.3. The van der Waals surface area contributed by atoms with Crippen molar-refractivity contribution in [3.63, 3.8) is 0 Å². The third-order valence-electron chi connectivity index (χ3n) is 5.50. The first-order chi connectivity index (χ1) is 18.5. The highest BCUT2D eigenvalue weighted by Gasteiger charge is 2.24. The van der Waals surface area contributed by atoms with Gasteiger partial charge in [-0.2, -0.15) is 5.10 Å². The molecular formula is C27H30BrN3O7S. The fraction of sp³-hybridized carbons (Fsp3) is 0.259.